The zero-order chi connectivity index (χ0) is 13.6. The first-order valence-electron chi connectivity index (χ1n) is 7.28. The molecule has 1 saturated heterocycles. The third-order valence-corrected chi connectivity index (χ3v) is 3.52. The summed E-state index contributed by atoms with van der Waals surface area (Å²) in [7, 11) is 0. The summed E-state index contributed by atoms with van der Waals surface area (Å²) in [5.41, 5.74) is 0.862. The van der Waals surface area contributed by atoms with Crippen LogP contribution >= 0.6 is 0 Å². The fraction of sp³-hybridized carbons (Fsp3) is 0.571. The van der Waals surface area contributed by atoms with Gasteiger partial charge in [-0.15, -0.1) is 0 Å². The molecule has 0 unspecified atom stereocenters. The summed E-state index contributed by atoms with van der Waals surface area (Å²) >= 11 is 0. The number of piperidine rings is 1. The molecule has 6 heteroatoms. The van der Waals surface area contributed by atoms with E-state index in [1.165, 1.54) is 0 Å². The molecular formula is C14H21N5O. The molecule has 0 saturated carbocycles. The molecule has 0 atom stereocenters. The Hall–Kier alpha value is -1.66. The molecule has 0 spiro atoms. The number of anilines is 1. The zero-order valence-electron chi connectivity index (χ0n) is 11.6. The Morgan fingerprint density at radius 3 is 3.15 bits per heavy atom. The summed E-state index contributed by atoms with van der Waals surface area (Å²) < 4.78 is 7.62. The molecule has 0 aliphatic carbocycles. The van der Waals surface area contributed by atoms with E-state index in [9.17, 15) is 0 Å². The lowest BCUT2D eigenvalue weighted by Crippen LogP contribution is -2.32. The standard InChI is InChI=1S/C14H21N5O/c1(11-20-12-2-7-15-8-3-12)6-16-13-5-10-19-14(18-13)4-9-17-19/h4-5,9-10,12,15H,1-3,6-8,11H2,(H,16,18). The quantitative estimate of drug-likeness (QED) is 0.778. The van der Waals surface area contributed by atoms with Crippen molar-refractivity contribution in [2.45, 2.75) is 25.4 Å². The van der Waals surface area contributed by atoms with Gasteiger partial charge >= 0.3 is 0 Å². The van der Waals surface area contributed by atoms with Gasteiger partial charge in [0, 0.05) is 25.4 Å². The number of fused-ring (bicyclic) bond motifs is 1. The predicted octanol–water partition coefficient (Wildman–Crippen LogP) is 1.30. The third kappa shape index (κ3) is 3.46. The molecule has 2 aromatic heterocycles. The van der Waals surface area contributed by atoms with Gasteiger partial charge in [0.25, 0.3) is 0 Å². The summed E-state index contributed by atoms with van der Waals surface area (Å²) in [6, 6.07) is 3.83. The second kappa shape index (κ2) is 6.67. The fourth-order valence-corrected chi connectivity index (χ4v) is 2.41. The van der Waals surface area contributed by atoms with E-state index >= 15 is 0 Å². The van der Waals surface area contributed by atoms with Gasteiger partial charge in [0.05, 0.1) is 12.3 Å². The lowest BCUT2D eigenvalue weighted by molar-refractivity contribution is 0.0329. The van der Waals surface area contributed by atoms with Gasteiger partial charge in [-0.05, 0) is 38.4 Å². The largest absolute Gasteiger partial charge is 0.378 e. The van der Waals surface area contributed by atoms with Crippen LogP contribution in [0.5, 0.6) is 0 Å². The van der Waals surface area contributed by atoms with Gasteiger partial charge < -0.3 is 15.4 Å². The van der Waals surface area contributed by atoms with Crippen LogP contribution in [-0.2, 0) is 4.74 Å². The summed E-state index contributed by atoms with van der Waals surface area (Å²) in [5, 5.41) is 10.8. The SMILES string of the molecule is c1cc2nc(NCCCOC3CCNCC3)ccn2n1. The zero-order valence-corrected chi connectivity index (χ0v) is 11.6. The lowest BCUT2D eigenvalue weighted by atomic mass is 10.1. The third-order valence-electron chi connectivity index (χ3n) is 3.52. The average Bonchev–Trinajstić information content (AvgIpc) is 2.95. The van der Waals surface area contributed by atoms with Crippen molar-refractivity contribution in [2.24, 2.45) is 0 Å². The van der Waals surface area contributed by atoms with Crippen molar-refractivity contribution in [3.8, 4) is 0 Å². The normalized spacial score (nSPS) is 16.6. The summed E-state index contributed by atoms with van der Waals surface area (Å²) in [6.45, 7) is 3.85. The number of hydrogen-bond donors (Lipinski definition) is 2. The van der Waals surface area contributed by atoms with Crippen LogP contribution in [0, 0.1) is 0 Å². The summed E-state index contributed by atoms with van der Waals surface area (Å²) in [4.78, 5) is 4.46. The van der Waals surface area contributed by atoms with Crippen molar-refractivity contribution in [3.63, 3.8) is 0 Å². The topological polar surface area (TPSA) is 63.5 Å². The van der Waals surface area contributed by atoms with Gasteiger partial charge in [0.1, 0.15) is 5.82 Å². The molecule has 1 fully saturated rings. The molecule has 0 aromatic carbocycles. The average molecular weight is 275 g/mol. The Morgan fingerprint density at radius 1 is 1.35 bits per heavy atom. The van der Waals surface area contributed by atoms with Gasteiger partial charge in [-0.1, -0.05) is 0 Å². The van der Waals surface area contributed by atoms with Crippen LogP contribution in [0.1, 0.15) is 19.3 Å². The van der Waals surface area contributed by atoms with Gasteiger partial charge in [0.15, 0.2) is 5.65 Å². The Morgan fingerprint density at radius 2 is 2.25 bits per heavy atom. The second-order valence-corrected chi connectivity index (χ2v) is 5.05. The number of nitrogens with one attached hydrogen (secondary N) is 2. The number of nitrogens with zero attached hydrogens (tertiary/aromatic N) is 3. The minimum atomic E-state index is 0.442. The van der Waals surface area contributed by atoms with E-state index in [0.717, 1.165) is 57.0 Å². The van der Waals surface area contributed by atoms with E-state index in [4.69, 9.17) is 4.74 Å². The molecule has 6 nitrogen and oxygen atoms in total. The Balaban J connectivity index is 1.36. The van der Waals surface area contributed by atoms with E-state index in [1.807, 2.05) is 18.3 Å². The van der Waals surface area contributed by atoms with Gasteiger partial charge in [0.2, 0.25) is 0 Å². The Kier molecular flexibility index (Phi) is 4.45. The first kappa shape index (κ1) is 13.3. The van der Waals surface area contributed by atoms with Gasteiger partial charge in [-0.25, -0.2) is 9.50 Å². The number of aromatic nitrogens is 3. The van der Waals surface area contributed by atoms with E-state index in [1.54, 1.807) is 10.7 Å². The van der Waals surface area contributed by atoms with E-state index in [0.29, 0.717) is 6.10 Å². The summed E-state index contributed by atoms with van der Waals surface area (Å²) in [6.07, 6.45) is 7.36. The van der Waals surface area contributed by atoms with Crippen LogP contribution < -0.4 is 10.6 Å². The minimum absolute atomic E-state index is 0.442. The predicted molar refractivity (Wildman–Crippen MR) is 77.9 cm³/mol. The van der Waals surface area contributed by atoms with E-state index in [-0.39, 0.29) is 0 Å². The van der Waals surface area contributed by atoms with Crippen molar-refractivity contribution >= 4 is 11.5 Å². The lowest BCUT2D eigenvalue weighted by Gasteiger charge is -2.22. The molecule has 0 amide bonds. The smallest absolute Gasteiger partial charge is 0.157 e. The molecule has 3 heterocycles. The molecule has 1 aliphatic rings. The van der Waals surface area contributed by atoms with Crippen molar-refractivity contribution < 1.29 is 4.74 Å². The number of ether oxygens (including phenoxy) is 1. The number of rotatable bonds is 6. The highest BCUT2D eigenvalue weighted by Gasteiger charge is 2.12. The molecule has 1 aliphatic heterocycles. The summed E-state index contributed by atoms with van der Waals surface area (Å²) in [5.74, 6) is 0.889. The molecule has 108 valence electrons. The van der Waals surface area contributed by atoms with Crippen molar-refractivity contribution in [1.82, 2.24) is 19.9 Å². The first-order chi connectivity index (χ1) is 9.92. The highest BCUT2D eigenvalue weighted by atomic mass is 16.5. The van der Waals surface area contributed by atoms with Crippen LogP contribution in [0.15, 0.2) is 24.5 Å². The molecule has 0 bridgehead atoms. The second-order valence-electron chi connectivity index (χ2n) is 5.05. The maximum atomic E-state index is 5.86. The molecule has 2 N–H and O–H groups in total. The highest BCUT2D eigenvalue weighted by molar-refractivity contribution is 5.45. The van der Waals surface area contributed by atoms with E-state index in [2.05, 4.69) is 20.7 Å². The first-order valence-corrected chi connectivity index (χ1v) is 7.28. The fourth-order valence-electron chi connectivity index (χ4n) is 2.41. The Labute approximate surface area is 118 Å². The molecule has 20 heavy (non-hydrogen) atoms. The molecule has 0 radical (unpaired) electrons. The maximum Gasteiger partial charge on any atom is 0.157 e. The maximum absolute atomic E-state index is 5.86. The van der Waals surface area contributed by atoms with Crippen LogP contribution in [0.25, 0.3) is 5.65 Å². The number of hydrogen-bond acceptors (Lipinski definition) is 5. The van der Waals surface area contributed by atoms with E-state index < -0.39 is 0 Å². The van der Waals surface area contributed by atoms with Gasteiger partial charge in [-0.3, -0.25) is 0 Å². The van der Waals surface area contributed by atoms with Crippen molar-refractivity contribution in [2.75, 3.05) is 31.6 Å². The van der Waals surface area contributed by atoms with Gasteiger partial charge in [-0.2, -0.15) is 5.10 Å². The van der Waals surface area contributed by atoms with Crippen molar-refractivity contribution in [1.29, 1.82) is 0 Å². The highest BCUT2D eigenvalue weighted by Crippen LogP contribution is 2.08. The van der Waals surface area contributed by atoms with Crippen molar-refractivity contribution in [3.05, 3.63) is 24.5 Å². The minimum Gasteiger partial charge on any atom is -0.378 e. The molecule has 2 aromatic rings. The van der Waals surface area contributed by atoms with Crippen LogP contribution in [0.3, 0.4) is 0 Å². The molecular weight excluding hydrogens is 254 g/mol. The molecule has 3 rings (SSSR count). The Bertz CT molecular complexity index is 535. The monoisotopic (exact) mass is 275 g/mol. The van der Waals surface area contributed by atoms with Crippen LogP contribution in [0.2, 0.25) is 0 Å². The van der Waals surface area contributed by atoms with Crippen LogP contribution in [-0.4, -0.2) is 46.9 Å². The van der Waals surface area contributed by atoms with Crippen LogP contribution in [0.4, 0.5) is 5.82 Å².